The van der Waals surface area contributed by atoms with Crippen LogP contribution in [0.5, 0.6) is 0 Å². The number of carbonyl (C=O) groups is 2. The number of aromatic nitrogens is 2. The van der Waals surface area contributed by atoms with Gasteiger partial charge in [0.05, 0.1) is 24.9 Å². The maximum absolute atomic E-state index is 11.5. The van der Waals surface area contributed by atoms with Gasteiger partial charge in [-0.2, -0.15) is 11.8 Å². The van der Waals surface area contributed by atoms with E-state index in [2.05, 4.69) is 27.8 Å². The minimum absolute atomic E-state index is 0.0205. The number of rotatable bonds is 8. The van der Waals surface area contributed by atoms with Gasteiger partial charge in [-0.3, -0.25) is 4.79 Å². The highest BCUT2D eigenvalue weighted by molar-refractivity contribution is 7.98. The van der Waals surface area contributed by atoms with Gasteiger partial charge in [0, 0.05) is 55.9 Å². The summed E-state index contributed by atoms with van der Waals surface area (Å²) in [5.41, 5.74) is 2.50. The number of morpholine rings is 1. The normalized spacial score (nSPS) is 15.8. The lowest BCUT2D eigenvalue weighted by atomic mass is 10.2. The number of nitrogens with zero attached hydrogens (tertiary/aromatic N) is 3. The Labute approximate surface area is 192 Å². The standard InChI is InChI=1S/C22H30N6O3S/c1-15-13-31-10-9-28(15)20-12-19(14-32-11-8-24-16(2)29)25-21(27-20)17-4-6-18(7-5-17)26-22(30)23-3/h4-7,12,15H,8-11,13-14H2,1-3H3,(H,24,29)(H2,23,26,30)/t15-/m0/s1. The molecule has 0 bridgehead atoms. The van der Waals surface area contributed by atoms with E-state index < -0.39 is 0 Å². The second kappa shape index (κ2) is 11.7. The van der Waals surface area contributed by atoms with Crippen LogP contribution in [0.15, 0.2) is 30.3 Å². The molecule has 1 saturated heterocycles. The number of carbonyl (C=O) groups excluding carboxylic acids is 2. The molecule has 0 unspecified atom stereocenters. The number of urea groups is 1. The quantitative estimate of drug-likeness (QED) is 0.522. The smallest absolute Gasteiger partial charge is 0.318 e. The van der Waals surface area contributed by atoms with Gasteiger partial charge in [-0.1, -0.05) is 0 Å². The number of hydrogen-bond acceptors (Lipinski definition) is 7. The van der Waals surface area contributed by atoms with E-state index in [1.807, 2.05) is 30.3 Å². The SMILES string of the molecule is CNC(=O)Nc1ccc(-c2nc(CSCCNC(C)=O)cc(N3CCOC[C@@H]3C)n2)cc1. The highest BCUT2D eigenvalue weighted by atomic mass is 32.2. The molecular weight excluding hydrogens is 428 g/mol. The van der Waals surface area contributed by atoms with Crippen molar-refractivity contribution in [2.45, 2.75) is 25.6 Å². The third-order valence-electron chi connectivity index (χ3n) is 4.93. The Balaban J connectivity index is 1.81. The zero-order chi connectivity index (χ0) is 22.9. The fourth-order valence-electron chi connectivity index (χ4n) is 3.27. The predicted molar refractivity (Wildman–Crippen MR) is 128 cm³/mol. The first-order valence-corrected chi connectivity index (χ1v) is 11.8. The molecule has 3 rings (SSSR count). The van der Waals surface area contributed by atoms with E-state index >= 15 is 0 Å². The molecular formula is C22H30N6O3S. The van der Waals surface area contributed by atoms with Gasteiger partial charge < -0.3 is 25.6 Å². The molecule has 32 heavy (non-hydrogen) atoms. The first-order chi connectivity index (χ1) is 15.5. The number of nitrogens with one attached hydrogen (secondary N) is 3. The average Bonchev–Trinajstić information content (AvgIpc) is 2.79. The minimum Gasteiger partial charge on any atom is -0.377 e. The number of thioether (sulfide) groups is 1. The molecule has 1 aliphatic rings. The van der Waals surface area contributed by atoms with Crippen molar-refractivity contribution in [1.82, 2.24) is 20.6 Å². The summed E-state index contributed by atoms with van der Waals surface area (Å²) in [5, 5.41) is 8.10. The highest BCUT2D eigenvalue weighted by Gasteiger charge is 2.22. The van der Waals surface area contributed by atoms with Gasteiger partial charge in [-0.25, -0.2) is 14.8 Å². The molecule has 172 valence electrons. The molecule has 0 saturated carbocycles. The van der Waals surface area contributed by atoms with Crippen LogP contribution in [0.2, 0.25) is 0 Å². The van der Waals surface area contributed by atoms with Gasteiger partial charge in [-0.05, 0) is 31.2 Å². The van der Waals surface area contributed by atoms with Crippen LogP contribution in [-0.2, 0) is 15.3 Å². The van der Waals surface area contributed by atoms with Crippen molar-refractivity contribution in [2.24, 2.45) is 0 Å². The van der Waals surface area contributed by atoms with Crippen molar-refractivity contribution in [3.05, 3.63) is 36.0 Å². The molecule has 2 heterocycles. The summed E-state index contributed by atoms with van der Waals surface area (Å²) in [6.45, 7) is 6.39. The van der Waals surface area contributed by atoms with Crippen LogP contribution < -0.4 is 20.9 Å². The first kappa shape index (κ1) is 23.8. The third kappa shape index (κ3) is 6.83. The van der Waals surface area contributed by atoms with Crippen LogP contribution >= 0.6 is 11.8 Å². The molecule has 1 aromatic carbocycles. The fraction of sp³-hybridized carbons (Fsp3) is 0.455. The van der Waals surface area contributed by atoms with E-state index in [1.165, 1.54) is 6.92 Å². The van der Waals surface area contributed by atoms with E-state index in [4.69, 9.17) is 14.7 Å². The molecule has 0 spiro atoms. The number of hydrogen-bond donors (Lipinski definition) is 3. The molecule has 0 radical (unpaired) electrons. The number of anilines is 2. The van der Waals surface area contributed by atoms with Crippen LogP contribution in [0, 0.1) is 0 Å². The minimum atomic E-state index is -0.268. The lowest BCUT2D eigenvalue weighted by Crippen LogP contribution is -2.44. The van der Waals surface area contributed by atoms with Crippen LogP contribution in [0.25, 0.3) is 11.4 Å². The largest absolute Gasteiger partial charge is 0.377 e. The van der Waals surface area contributed by atoms with E-state index in [1.54, 1.807) is 18.8 Å². The summed E-state index contributed by atoms with van der Waals surface area (Å²) in [5.74, 6) is 3.04. The third-order valence-corrected chi connectivity index (χ3v) is 5.92. The molecule has 2 aromatic rings. The van der Waals surface area contributed by atoms with Crippen LogP contribution in [0.3, 0.4) is 0 Å². The fourth-order valence-corrected chi connectivity index (χ4v) is 4.02. The second-order valence-electron chi connectivity index (χ2n) is 7.48. The number of amides is 3. The van der Waals surface area contributed by atoms with Gasteiger partial charge in [-0.15, -0.1) is 0 Å². The maximum Gasteiger partial charge on any atom is 0.318 e. The van der Waals surface area contributed by atoms with Crippen molar-refractivity contribution < 1.29 is 14.3 Å². The highest BCUT2D eigenvalue weighted by Crippen LogP contribution is 2.25. The van der Waals surface area contributed by atoms with Gasteiger partial charge >= 0.3 is 6.03 Å². The summed E-state index contributed by atoms with van der Waals surface area (Å²) in [4.78, 5) is 34.5. The van der Waals surface area contributed by atoms with E-state index in [0.717, 1.165) is 35.1 Å². The molecule has 1 atom stereocenters. The van der Waals surface area contributed by atoms with Crippen molar-refractivity contribution in [1.29, 1.82) is 0 Å². The van der Waals surface area contributed by atoms with Crippen molar-refractivity contribution in [3.63, 3.8) is 0 Å². The van der Waals surface area contributed by atoms with E-state index in [9.17, 15) is 9.59 Å². The van der Waals surface area contributed by atoms with Gasteiger partial charge in [0.1, 0.15) is 5.82 Å². The Bertz CT molecular complexity index is 924. The van der Waals surface area contributed by atoms with Crippen LogP contribution in [0.4, 0.5) is 16.3 Å². The molecule has 10 heteroatoms. The summed E-state index contributed by atoms with van der Waals surface area (Å²) in [6.07, 6.45) is 0. The second-order valence-corrected chi connectivity index (χ2v) is 8.58. The first-order valence-electron chi connectivity index (χ1n) is 10.6. The Morgan fingerprint density at radius 2 is 2.03 bits per heavy atom. The lowest BCUT2D eigenvalue weighted by molar-refractivity contribution is -0.118. The Morgan fingerprint density at radius 3 is 2.72 bits per heavy atom. The van der Waals surface area contributed by atoms with Crippen molar-refractivity contribution >= 4 is 35.2 Å². The summed E-state index contributed by atoms with van der Waals surface area (Å²) < 4.78 is 5.58. The molecule has 9 nitrogen and oxygen atoms in total. The zero-order valence-corrected chi connectivity index (χ0v) is 19.5. The molecule has 1 aliphatic heterocycles. The van der Waals surface area contributed by atoms with Crippen LogP contribution in [0.1, 0.15) is 19.5 Å². The maximum atomic E-state index is 11.5. The lowest BCUT2D eigenvalue weighted by Gasteiger charge is -2.34. The summed E-state index contributed by atoms with van der Waals surface area (Å²) in [7, 11) is 1.57. The van der Waals surface area contributed by atoms with Crippen LogP contribution in [-0.4, -0.2) is 67.1 Å². The average molecular weight is 459 g/mol. The van der Waals surface area contributed by atoms with Gasteiger partial charge in [0.2, 0.25) is 5.91 Å². The Hall–Kier alpha value is -2.85. The number of ether oxygens (including phenoxy) is 1. The molecule has 1 aromatic heterocycles. The zero-order valence-electron chi connectivity index (χ0n) is 18.7. The van der Waals surface area contributed by atoms with Gasteiger partial charge in [0.25, 0.3) is 0 Å². The van der Waals surface area contributed by atoms with E-state index in [-0.39, 0.29) is 18.0 Å². The molecule has 1 fully saturated rings. The van der Waals surface area contributed by atoms with E-state index in [0.29, 0.717) is 31.3 Å². The molecule has 3 amide bonds. The molecule has 0 aliphatic carbocycles. The van der Waals surface area contributed by atoms with Crippen molar-refractivity contribution in [3.8, 4) is 11.4 Å². The Kier molecular flexibility index (Phi) is 8.69. The molecule has 3 N–H and O–H groups in total. The predicted octanol–water partition coefficient (Wildman–Crippen LogP) is 2.49. The topological polar surface area (TPSA) is 108 Å². The summed E-state index contributed by atoms with van der Waals surface area (Å²) in [6, 6.07) is 9.47. The summed E-state index contributed by atoms with van der Waals surface area (Å²) >= 11 is 1.72. The Morgan fingerprint density at radius 1 is 1.25 bits per heavy atom. The monoisotopic (exact) mass is 458 g/mol. The number of benzene rings is 1. The van der Waals surface area contributed by atoms with Crippen molar-refractivity contribution in [2.75, 3.05) is 49.3 Å². The van der Waals surface area contributed by atoms with Gasteiger partial charge in [0.15, 0.2) is 5.82 Å².